The van der Waals surface area contributed by atoms with E-state index in [0.717, 1.165) is 37.5 Å². The molecular weight excluding hydrogens is 242 g/mol. The molecule has 1 aromatic carbocycles. The Bertz CT molecular complexity index is 400. The summed E-state index contributed by atoms with van der Waals surface area (Å²) in [7, 11) is 1.63. The van der Waals surface area contributed by atoms with Gasteiger partial charge in [0.2, 0.25) is 5.91 Å². The molecule has 1 aliphatic heterocycles. The van der Waals surface area contributed by atoms with Gasteiger partial charge in [-0.1, -0.05) is 12.1 Å². The average Bonchev–Trinajstić information content (AvgIpc) is 2.47. The maximum Gasteiger partial charge on any atom is 0.225 e. The molecule has 0 bridgehead atoms. The van der Waals surface area contributed by atoms with Gasteiger partial charge in [-0.25, -0.2) is 0 Å². The molecule has 0 atom stereocenters. The Morgan fingerprint density at radius 3 is 2.63 bits per heavy atom. The lowest BCUT2D eigenvalue weighted by Gasteiger charge is -2.27. The van der Waals surface area contributed by atoms with E-state index in [4.69, 9.17) is 4.74 Å². The summed E-state index contributed by atoms with van der Waals surface area (Å²) in [5, 5.41) is 6.24. The molecule has 0 spiro atoms. The van der Waals surface area contributed by atoms with E-state index in [2.05, 4.69) is 15.5 Å². The number of carbonyl (C=O) groups excluding carboxylic acids is 1. The van der Waals surface area contributed by atoms with Crippen LogP contribution in [0.4, 0.5) is 0 Å². The van der Waals surface area contributed by atoms with Crippen molar-refractivity contribution in [3.05, 3.63) is 29.8 Å². The van der Waals surface area contributed by atoms with Gasteiger partial charge in [0.05, 0.1) is 20.2 Å². The molecule has 1 amide bonds. The van der Waals surface area contributed by atoms with Crippen LogP contribution in [0.25, 0.3) is 0 Å². The van der Waals surface area contributed by atoms with Crippen molar-refractivity contribution in [2.24, 2.45) is 0 Å². The minimum atomic E-state index is 0.0590. The second-order valence-corrected chi connectivity index (χ2v) is 4.65. The zero-order valence-corrected chi connectivity index (χ0v) is 11.3. The third-order valence-electron chi connectivity index (χ3n) is 3.23. The maximum absolute atomic E-state index is 11.8. The van der Waals surface area contributed by atoms with E-state index in [0.29, 0.717) is 13.1 Å². The average molecular weight is 263 g/mol. The maximum atomic E-state index is 11.8. The molecule has 0 radical (unpaired) electrons. The van der Waals surface area contributed by atoms with Gasteiger partial charge < -0.3 is 15.4 Å². The van der Waals surface area contributed by atoms with Gasteiger partial charge in [0.25, 0.3) is 0 Å². The predicted molar refractivity (Wildman–Crippen MR) is 74.2 cm³/mol. The molecule has 0 aromatic heterocycles. The molecular formula is C14H21N3O2. The number of nitrogens with zero attached hydrogens (tertiary/aromatic N) is 1. The first kappa shape index (κ1) is 13.8. The van der Waals surface area contributed by atoms with Gasteiger partial charge in [-0.2, -0.15) is 0 Å². The number of ether oxygens (including phenoxy) is 1. The lowest BCUT2D eigenvalue weighted by atomic mass is 10.1. The van der Waals surface area contributed by atoms with Crippen molar-refractivity contribution in [3.8, 4) is 5.75 Å². The van der Waals surface area contributed by atoms with Gasteiger partial charge in [-0.05, 0) is 17.7 Å². The molecule has 5 heteroatoms. The van der Waals surface area contributed by atoms with Gasteiger partial charge in [-0.3, -0.25) is 9.69 Å². The summed E-state index contributed by atoms with van der Waals surface area (Å²) in [6.45, 7) is 4.60. The highest BCUT2D eigenvalue weighted by molar-refractivity contribution is 5.78. The predicted octanol–water partition coefficient (Wildman–Crippen LogP) is 0.217. The summed E-state index contributed by atoms with van der Waals surface area (Å²) >= 11 is 0. The summed E-state index contributed by atoms with van der Waals surface area (Å²) in [6, 6.07) is 7.59. The number of nitrogens with one attached hydrogen (secondary N) is 2. The largest absolute Gasteiger partial charge is 0.497 e. The lowest BCUT2D eigenvalue weighted by Crippen LogP contribution is -2.48. The first-order valence-corrected chi connectivity index (χ1v) is 6.60. The molecule has 0 unspecified atom stereocenters. The zero-order valence-electron chi connectivity index (χ0n) is 11.3. The standard InChI is InChI=1S/C14H21N3O2/c1-19-13-4-2-12(3-5-13)10-14(18)16-11-17-8-6-15-7-9-17/h2-5,15H,6-11H2,1H3,(H,16,18). The van der Waals surface area contributed by atoms with E-state index in [1.54, 1.807) is 7.11 Å². The van der Waals surface area contributed by atoms with E-state index >= 15 is 0 Å². The smallest absolute Gasteiger partial charge is 0.225 e. The summed E-state index contributed by atoms with van der Waals surface area (Å²) in [6.07, 6.45) is 0.413. The van der Waals surface area contributed by atoms with Crippen molar-refractivity contribution < 1.29 is 9.53 Å². The minimum Gasteiger partial charge on any atom is -0.497 e. The second-order valence-electron chi connectivity index (χ2n) is 4.65. The number of methoxy groups -OCH3 is 1. The highest BCUT2D eigenvalue weighted by Gasteiger charge is 2.10. The Labute approximate surface area is 113 Å². The fourth-order valence-corrected chi connectivity index (χ4v) is 2.06. The Balaban J connectivity index is 1.73. The van der Waals surface area contributed by atoms with Gasteiger partial charge >= 0.3 is 0 Å². The van der Waals surface area contributed by atoms with Crippen LogP contribution in [0, 0.1) is 0 Å². The topological polar surface area (TPSA) is 53.6 Å². The monoisotopic (exact) mass is 263 g/mol. The quantitative estimate of drug-likeness (QED) is 0.798. The fraction of sp³-hybridized carbons (Fsp3) is 0.500. The number of amides is 1. The van der Waals surface area contributed by atoms with Crippen LogP contribution in [-0.4, -0.2) is 50.8 Å². The van der Waals surface area contributed by atoms with Gasteiger partial charge in [0, 0.05) is 26.2 Å². The van der Waals surface area contributed by atoms with Gasteiger partial charge in [0.1, 0.15) is 5.75 Å². The minimum absolute atomic E-state index is 0.0590. The molecule has 19 heavy (non-hydrogen) atoms. The van der Waals surface area contributed by atoms with Crippen molar-refractivity contribution in [2.75, 3.05) is 40.0 Å². The van der Waals surface area contributed by atoms with Crippen LogP contribution in [-0.2, 0) is 11.2 Å². The van der Waals surface area contributed by atoms with E-state index in [-0.39, 0.29) is 5.91 Å². The first-order valence-electron chi connectivity index (χ1n) is 6.60. The van der Waals surface area contributed by atoms with Crippen molar-refractivity contribution in [1.82, 2.24) is 15.5 Å². The van der Waals surface area contributed by atoms with Crippen molar-refractivity contribution >= 4 is 5.91 Å². The van der Waals surface area contributed by atoms with Crippen LogP contribution in [0.3, 0.4) is 0 Å². The summed E-state index contributed by atoms with van der Waals surface area (Å²) in [4.78, 5) is 14.1. The van der Waals surface area contributed by atoms with Crippen molar-refractivity contribution in [1.29, 1.82) is 0 Å². The highest BCUT2D eigenvalue weighted by atomic mass is 16.5. The van der Waals surface area contributed by atoms with E-state index in [1.165, 1.54) is 0 Å². The van der Waals surface area contributed by atoms with E-state index in [9.17, 15) is 4.79 Å². The molecule has 1 heterocycles. The van der Waals surface area contributed by atoms with Crippen molar-refractivity contribution in [2.45, 2.75) is 6.42 Å². The molecule has 104 valence electrons. The summed E-state index contributed by atoms with van der Waals surface area (Å²) in [5.74, 6) is 0.869. The molecule has 0 aliphatic carbocycles. The summed E-state index contributed by atoms with van der Waals surface area (Å²) < 4.78 is 5.09. The van der Waals surface area contributed by atoms with E-state index < -0.39 is 0 Å². The Kier molecular flexibility index (Phi) is 5.18. The molecule has 2 N–H and O–H groups in total. The second kappa shape index (κ2) is 7.11. The Morgan fingerprint density at radius 2 is 2.00 bits per heavy atom. The molecule has 1 saturated heterocycles. The number of hydrogen-bond donors (Lipinski definition) is 2. The fourth-order valence-electron chi connectivity index (χ4n) is 2.06. The number of piperazine rings is 1. The number of benzene rings is 1. The molecule has 1 fully saturated rings. The van der Waals surface area contributed by atoms with Crippen LogP contribution < -0.4 is 15.4 Å². The van der Waals surface area contributed by atoms with Crippen LogP contribution in [0.5, 0.6) is 5.75 Å². The molecule has 0 saturated carbocycles. The summed E-state index contributed by atoms with van der Waals surface area (Å²) in [5.41, 5.74) is 0.999. The third kappa shape index (κ3) is 4.54. The van der Waals surface area contributed by atoms with E-state index in [1.807, 2.05) is 24.3 Å². The molecule has 1 aliphatic rings. The Morgan fingerprint density at radius 1 is 1.32 bits per heavy atom. The normalized spacial score (nSPS) is 16.1. The van der Waals surface area contributed by atoms with Crippen molar-refractivity contribution in [3.63, 3.8) is 0 Å². The van der Waals surface area contributed by atoms with Crippen LogP contribution >= 0.6 is 0 Å². The first-order chi connectivity index (χ1) is 9.28. The lowest BCUT2D eigenvalue weighted by molar-refractivity contribution is -0.121. The van der Waals surface area contributed by atoms with Crippen LogP contribution in [0.1, 0.15) is 5.56 Å². The number of hydrogen-bond acceptors (Lipinski definition) is 4. The number of rotatable bonds is 5. The Hall–Kier alpha value is -1.59. The molecule has 5 nitrogen and oxygen atoms in total. The van der Waals surface area contributed by atoms with Gasteiger partial charge in [-0.15, -0.1) is 0 Å². The third-order valence-corrected chi connectivity index (χ3v) is 3.23. The zero-order chi connectivity index (χ0) is 13.5. The number of carbonyl (C=O) groups is 1. The van der Waals surface area contributed by atoms with Crippen LogP contribution in [0.2, 0.25) is 0 Å². The molecule has 2 rings (SSSR count). The van der Waals surface area contributed by atoms with Crippen LogP contribution in [0.15, 0.2) is 24.3 Å². The molecule has 1 aromatic rings. The SMILES string of the molecule is COc1ccc(CC(=O)NCN2CCNCC2)cc1. The highest BCUT2D eigenvalue weighted by Crippen LogP contribution is 2.11. The van der Waals surface area contributed by atoms with Gasteiger partial charge in [0.15, 0.2) is 0 Å².